The number of carbonyl (C=O) groups is 1. The zero-order valence-corrected chi connectivity index (χ0v) is 12.5. The van der Waals surface area contributed by atoms with E-state index in [-0.39, 0.29) is 12.1 Å². The Balaban J connectivity index is 1.79. The zero-order valence-electron chi connectivity index (χ0n) is 10.9. The van der Waals surface area contributed by atoms with E-state index in [9.17, 15) is 4.79 Å². The molecule has 1 aromatic rings. The van der Waals surface area contributed by atoms with E-state index < -0.39 is 0 Å². The quantitative estimate of drug-likeness (QED) is 0.908. The normalized spacial score (nSPS) is 26.9. The lowest BCUT2D eigenvalue weighted by Gasteiger charge is -2.28. The lowest BCUT2D eigenvalue weighted by atomic mass is 10.0. The van der Waals surface area contributed by atoms with E-state index in [0.717, 1.165) is 43.2 Å². The lowest BCUT2D eigenvalue weighted by Crippen LogP contribution is -2.43. The van der Waals surface area contributed by atoms with E-state index >= 15 is 0 Å². The van der Waals surface area contributed by atoms with Crippen LogP contribution in [0.4, 0.5) is 0 Å². The largest absolute Gasteiger partial charge is 0.334 e. The lowest BCUT2D eigenvalue weighted by molar-refractivity contribution is -0.134. The Kier molecular flexibility index (Phi) is 3.89. The number of likely N-dealkylation sites (tertiary alicyclic amines) is 1. The molecule has 102 valence electrons. The third-order valence-corrected chi connectivity index (χ3v) is 4.62. The van der Waals surface area contributed by atoms with Crippen LogP contribution in [0.25, 0.3) is 0 Å². The zero-order chi connectivity index (χ0) is 13.2. The Morgan fingerprint density at radius 1 is 1.32 bits per heavy atom. The Hall–Kier alpha value is -0.870. The first-order valence-corrected chi connectivity index (χ1v) is 7.84. The molecule has 3 nitrogen and oxygen atoms in total. The predicted molar refractivity (Wildman–Crippen MR) is 78.9 cm³/mol. The van der Waals surface area contributed by atoms with Gasteiger partial charge in [-0.3, -0.25) is 4.79 Å². The number of nitrogens with one attached hydrogen (secondary N) is 1. The SMILES string of the molecule is O=C([C@H]1CCCN1)N1CCCC1c1cccc(Br)c1. The summed E-state index contributed by atoms with van der Waals surface area (Å²) in [4.78, 5) is 14.6. The van der Waals surface area contributed by atoms with Crippen LogP contribution in [0, 0.1) is 0 Å². The number of hydrogen-bond donors (Lipinski definition) is 1. The maximum atomic E-state index is 12.6. The van der Waals surface area contributed by atoms with Gasteiger partial charge in [0.1, 0.15) is 0 Å². The van der Waals surface area contributed by atoms with Crippen LogP contribution in [-0.2, 0) is 4.79 Å². The molecule has 1 aromatic carbocycles. The fraction of sp³-hybridized carbons (Fsp3) is 0.533. The third kappa shape index (κ3) is 2.70. The van der Waals surface area contributed by atoms with Gasteiger partial charge in [0, 0.05) is 11.0 Å². The number of hydrogen-bond acceptors (Lipinski definition) is 2. The first kappa shape index (κ1) is 13.1. The Morgan fingerprint density at radius 3 is 2.95 bits per heavy atom. The minimum Gasteiger partial charge on any atom is -0.334 e. The van der Waals surface area contributed by atoms with E-state index in [2.05, 4.69) is 38.3 Å². The van der Waals surface area contributed by atoms with Crippen LogP contribution >= 0.6 is 15.9 Å². The number of carbonyl (C=O) groups excluding carboxylic acids is 1. The summed E-state index contributed by atoms with van der Waals surface area (Å²) in [6, 6.07) is 8.65. The molecule has 0 saturated carbocycles. The predicted octanol–water partition coefficient (Wildman–Crippen LogP) is 2.86. The monoisotopic (exact) mass is 322 g/mol. The molecular weight excluding hydrogens is 304 g/mol. The van der Waals surface area contributed by atoms with Crippen LogP contribution in [0.1, 0.15) is 37.3 Å². The highest BCUT2D eigenvalue weighted by atomic mass is 79.9. The first-order chi connectivity index (χ1) is 9.25. The molecule has 2 fully saturated rings. The molecule has 1 N–H and O–H groups in total. The van der Waals surface area contributed by atoms with E-state index in [4.69, 9.17) is 0 Å². The second-order valence-corrected chi connectivity index (χ2v) is 6.31. The van der Waals surface area contributed by atoms with Gasteiger partial charge in [-0.2, -0.15) is 0 Å². The molecule has 2 atom stereocenters. The van der Waals surface area contributed by atoms with Crippen molar-refractivity contribution in [2.75, 3.05) is 13.1 Å². The van der Waals surface area contributed by atoms with E-state index in [1.807, 2.05) is 12.1 Å². The van der Waals surface area contributed by atoms with Gasteiger partial charge in [0.25, 0.3) is 0 Å². The summed E-state index contributed by atoms with van der Waals surface area (Å²) < 4.78 is 1.09. The van der Waals surface area contributed by atoms with Crippen molar-refractivity contribution in [3.63, 3.8) is 0 Å². The van der Waals surface area contributed by atoms with Gasteiger partial charge in [0.15, 0.2) is 0 Å². The molecule has 2 aliphatic heterocycles. The molecule has 3 rings (SSSR count). The second kappa shape index (κ2) is 5.63. The highest BCUT2D eigenvalue weighted by molar-refractivity contribution is 9.10. The van der Waals surface area contributed by atoms with Crippen molar-refractivity contribution in [2.45, 2.75) is 37.8 Å². The van der Waals surface area contributed by atoms with Gasteiger partial charge in [0.2, 0.25) is 5.91 Å². The van der Waals surface area contributed by atoms with Crippen LogP contribution < -0.4 is 5.32 Å². The van der Waals surface area contributed by atoms with Crippen molar-refractivity contribution in [1.82, 2.24) is 10.2 Å². The molecule has 2 heterocycles. The fourth-order valence-electron chi connectivity index (χ4n) is 3.19. The molecule has 19 heavy (non-hydrogen) atoms. The molecule has 2 saturated heterocycles. The Labute approximate surface area is 122 Å². The van der Waals surface area contributed by atoms with Gasteiger partial charge < -0.3 is 10.2 Å². The van der Waals surface area contributed by atoms with Crippen molar-refractivity contribution >= 4 is 21.8 Å². The summed E-state index contributed by atoms with van der Waals surface area (Å²) >= 11 is 3.52. The highest BCUT2D eigenvalue weighted by Crippen LogP contribution is 2.34. The summed E-state index contributed by atoms with van der Waals surface area (Å²) in [6.45, 7) is 1.87. The minimum absolute atomic E-state index is 0.0488. The van der Waals surface area contributed by atoms with Crippen LogP contribution in [0.5, 0.6) is 0 Å². The summed E-state index contributed by atoms with van der Waals surface area (Å²) in [5.41, 5.74) is 1.25. The maximum absolute atomic E-state index is 12.6. The van der Waals surface area contributed by atoms with Gasteiger partial charge >= 0.3 is 0 Å². The first-order valence-electron chi connectivity index (χ1n) is 7.05. The van der Waals surface area contributed by atoms with E-state index in [0.29, 0.717) is 5.91 Å². The standard InChI is InChI=1S/C15H19BrN2O/c16-12-5-1-4-11(10-12)14-7-3-9-18(14)15(19)13-6-2-8-17-13/h1,4-5,10,13-14,17H,2-3,6-9H2/t13-,14?/m1/s1. The van der Waals surface area contributed by atoms with E-state index in [1.54, 1.807) is 0 Å². The Morgan fingerprint density at radius 2 is 2.21 bits per heavy atom. The minimum atomic E-state index is 0.0488. The van der Waals surface area contributed by atoms with Gasteiger partial charge in [-0.1, -0.05) is 28.1 Å². The van der Waals surface area contributed by atoms with Gasteiger partial charge in [-0.05, 0) is 49.9 Å². The number of benzene rings is 1. The molecule has 0 radical (unpaired) electrons. The number of halogens is 1. The molecule has 1 unspecified atom stereocenters. The van der Waals surface area contributed by atoms with Gasteiger partial charge in [-0.15, -0.1) is 0 Å². The molecule has 0 aliphatic carbocycles. The van der Waals surface area contributed by atoms with Gasteiger partial charge in [-0.25, -0.2) is 0 Å². The highest BCUT2D eigenvalue weighted by Gasteiger charge is 2.34. The van der Waals surface area contributed by atoms with Crippen molar-refractivity contribution < 1.29 is 4.79 Å². The van der Waals surface area contributed by atoms with Crippen LogP contribution in [-0.4, -0.2) is 29.9 Å². The topological polar surface area (TPSA) is 32.3 Å². The molecule has 4 heteroatoms. The third-order valence-electron chi connectivity index (χ3n) is 4.13. The second-order valence-electron chi connectivity index (χ2n) is 5.39. The number of nitrogens with zero attached hydrogens (tertiary/aromatic N) is 1. The van der Waals surface area contributed by atoms with Gasteiger partial charge in [0.05, 0.1) is 12.1 Å². The fourth-order valence-corrected chi connectivity index (χ4v) is 3.60. The van der Waals surface area contributed by atoms with Crippen LogP contribution in [0.2, 0.25) is 0 Å². The maximum Gasteiger partial charge on any atom is 0.240 e. The summed E-state index contributed by atoms with van der Waals surface area (Å²) in [5, 5.41) is 3.32. The summed E-state index contributed by atoms with van der Waals surface area (Å²) in [5.74, 6) is 0.292. The summed E-state index contributed by atoms with van der Waals surface area (Å²) in [6.07, 6.45) is 4.29. The van der Waals surface area contributed by atoms with Crippen LogP contribution in [0.3, 0.4) is 0 Å². The molecular formula is C15H19BrN2O. The molecule has 0 bridgehead atoms. The summed E-state index contributed by atoms with van der Waals surface area (Å²) in [7, 11) is 0. The van der Waals surface area contributed by atoms with Crippen molar-refractivity contribution in [2.24, 2.45) is 0 Å². The Bertz CT molecular complexity index is 471. The molecule has 0 aromatic heterocycles. The van der Waals surface area contributed by atoms with Crippen LogP contribution in [0.15, 0.2) is 28.7 Å². The average molecular weight is 323 g/mol. The van der Waals surface area contributed by atoms with Crippen molar-refractivity contribution in [3.8, 4) is 0 Å². The number of rotatable bonds is 2. The molecule has 0 spiro atoms. The smallest absolute Gasteiger partial charge is 0.240 e. The average Bonchev–Trinajstić information content (AvgIpc) is 3.09. The van der Waals surface area contributed by atoms with E-state index in [1.165, 1.54) is 5.56 Å². The molecule has 1 amide bonds. The molecule has 2 aliphatic rings. The number of amides is 1. The van der Waals surface area contributed by atoms with Crippen molar-refractivity contribution in [3.05, 3.63) is 34.3 Å². The van der Waals surface area contributed by atoms with Crippen molar-refractivity contribution in [1.29, 1.82) is 0 Å².